The molecule has 0 aliphatic heterocycles. The van der Waals surface area contributed by atoms with Crippen LogP contribution in [0.1, 0.15) is 34.4 Å². The van der Waals surface area contributed by atoms with Gasteiger partial charge in [-0.25, -0.2) is 14.4 Å². The number of halogens is 1. The Morgan fingerprint density at radius 3 is 2.69 bits per heavy atom. The second-order valence-electron chi connectivity index (χ2n) is 6.79. The lowest BCUT2D eigenvalue weighted by Crippen LogP contribution is -2.31. The molecule has 0 aliphatic rings. The Bertz CT molecular complexity index is 1110. The van der Waals surface area contributed by atoms with Crippen molar-refractivity contribution >= 4 is 28.4 Å². The lowest BCUT2D eigenvalue weighted by molar-refractivity contribution is 0.0728. The van der Waals surface area contributed by atoms with Gasteiger partial charge in [-0.2, -0.15) is 0 Å². The molecule has 148 valence electrons. The Morgan fingerprint density at radius 2 is 1.97 bits per heavy atom. The van der Waals surface area contributed by atoms with Crippen molar-refractivity contribution in [2.75, 3.05) is 0 Å². The number of carbonyl (C=O) groups excluding carboxylic acids is 1. The van der Waals surface area contributed by atoms with E-state index in [0.29, 0.717) is 18.0 Å². The summed E-state index contributed by atoms with van der Waals surface area (Å²) in [5.74, 6) is 0.445. The van der Waals surface area contributed by atoms with Crippen LogP contribution in [0.2, 0.25) is 0 Å². The number of hydrogen-bond acceptors (Lipinski definition) is 4. The van der Waals surface area contributed by atoms with E-state index in [-0.39, 0.29) is 11.7 Å². The van der Waals surface area contributed by atoms with Crippen molar-refractivity contribution in [1.82, 2.24) is 19.4 Å². The Hall–Kier alpha value is -3.06. The van der Waals surface area contributed by atoms with Gasteiger partial charge in [0.25, 0.3) is 5.91 Å². The Kier molecular flexibility index (Phi) is 5.67. The number of benzene rings is 1. The second-order valence-corrected chi connectivity index (χ2v) is 7.74. The summed E-state index contributed by atoms with van der Waals surface area (Å²) in [6.07, 6.45) is 2.69. The van der Waals surface area contributed by atoms with Gasteiger partial charge in [0, 0.05) is 19.3 Å². The minimum Gasteiger partial charge on any atom is -0.326 e. The molecule has 1 aromatic carbocycles. The first-order valence-electron chi connectivity index (χ1n) is 9.53. The maximum absolute atomic E-state index is 13.3. The van der Waals surface area contributed by atoms with Crippen LogP contribution in [0, 0.1) is 5.82 Å². The number of aryl methyl sites for hydroxylation is 1. The van der Waals surface area contributed by atoms with Crippen LogP contribution in [0.3, 0.4) is 0 Å². The molecule has 0 unspecified atom stereocenters. The van der Waals surface area contributed by atoms with Gasteiger partial charge >= 0.3 is 0 Å². The topological polar surface area (TPSA) is 51.0 Å². The minimum atomic E-state index is -0.291. The molecule has 0 fully saturated rings. The van der Waals surface area contributed by atoms with E-state index in [2.05, 4.69) is 16.5 Å². The van der Waals surface area contributed by atoms with E-state index < -0.39 is 0 Å². The molecular formula is C22H21FN4OS. The van der Waals surface area contributed by atoms with E-state index in [4.69, 9.17) is 4.98 Å². The van der Waals surface area contributed by atoms with E-state index in [9.17, 15) is 9.18 Å². The average Bonchev–Trinajstić information content (AvgIpc) is 3.38. The Morgan fingerprint density at radius 1 is 1.14 bits per heavy atom. The van der Waals surface area contributed by atoms with E-state index in [1.165, 1.54) is 23.5 Å². The third kappa shape index (κ3) is 4.19. The zero-order valence-electron chi connectivity index (χ0n) is 16.1. The molecule has 0 saturated heterocycles. The van der Waals surface area contributed by atoms with Crippen LogP contribution in [0.5, 0.6) is 0 Å². The molecule has 0 aliphatic carbocycles. The van der Waals surface area contributed by atoms with Crippen LogP contribution < -0.4 is 0 Å². The minimum absolute atomic E-state index is 0.0626. The van der Waals surface area contributed by atoms with Gasteiger partial charge in [0.05, 0.1) is 11.4 Å². The average molecular weight is 409 g/mol. The summed E-state index contributed by atoms with van der Waals surface area (Å²) in [5, 5.41) is 1.89. The highest BCUT2D eigenvalue weighted by molar-refractivity contribution is 7.12. The normalized spacial score (nSPS) is 11.1. The molecule has 3 heterocycles. The first-order valence-corrected chi connectivity index (χ1v) is 10.4. The molecule has 0 N–H and O–H groups in total. The third-order valence-corrected chi connectivity index (χ3v) is 5.53. The monoisotopic (exact) mass is 408 g/mol. The highest BCUT2D eigenvalue weighted by Crippen LogP contribution is 2.20. The maximum atomic E-state index is 13.3. The molecule has 3 aromatic heterocycles. The predicted molar refractivity (Wildman–Crippen MR) is 112 cm³/mol. The number of hydrogen-bond donors (Lipinski definition) is 0. The van der Waals surface area contributed by atoms with Gasteiger partial charge in [-0.05, 0) is 47.7 Å². The Balaban J connectivity index is 1.69. The maximum Gasteiger partial charge on any atom is 0.264 e. The van der Waals surface area contributed by atoms with Gasteiger partial charge in [0.2, 0.25) is 0 Å². The fraction of sp³-hybridized carbons (Fsp3) is 0.227. The largest absolute Gasteiger partial charge is 0.326 e. The summed E-state index contributed by atoms with van der Waals surface area (Å²) in [6, 6.07) is 13.7. The van der Waals surface area contributed by atoms with Crippen LogP contribution in [-0.4, -0.2) is 25.3 Å². The van der Waals surface area contributed by atoms with Gasteiger partial charge in [-0.3, -0.25) is 4.79 Å². The summed E-state index contributed by atoms with van der Waals surface area (Å²) in [4.78, 5) is 24.8. The lowest BCUT2D eigenvalue weighted by Gasteiger charge is -2.22. The second kappa shape index (κ2) is 8.53. The summed E-state index contributed by atoms with van der Waals surface area (Å²) >= 11 is 1.41. The van der Waals surface area contributed by atoms with Crippen LogP contribution in [-0.2, 0) is 19.6 Å². The van der Waals surface area contributed by atoms with Gasteiger partial charge in [-0.1, -0.05) is 25.1 Å². The molecule has 5 nitrogen and oxygen atoms in total. The van der Waals surface area contributed by atoms with Crippen molar-refractivity contribution in [2.45, 2.75) is 33.0 Å². The highest BCUT2D eigenvalue weighted by atomic mass is 32.1. The van der Waals surface area contributed by atoms with Gasteiger partial charge < -0.3 is 9.47 Å². The number of nitrogens with zero attached hydrogens (tertiary/aromatic N) is 4. The molecule has 4 aromatic rings. The van der Waals surface area contributed by atoms with Gasteiger partial charge in [-0.15, -0.1) is 11.3 Å². The van der Waals surface area contributed by atoms with Crippen molar-refractivity contribution in [1.29, 1.82) is 0 Å². The zero-order valence-corrected chi connectivity index (χ0v) is 16.9. The van der Waals surface area contributed by atoms with E-state index in [1.807, 2.05) is 29.6 Å². The lowest BCUT2D eigenvalue weighted by atomic mass is 10.2. The first-order chi connectivity index (χ1) is 14.2. The van der Waals surface area contributed by atoms with Crippen LogP contribution in [0.15, 0.2) is 60.1 Å². The van der Waals surface area contributed by atoms with Crippen molar-refractivity contribution < 1.29 is 9.18 Å². The fourth-order valence-electron chi connectivity index (χ4n) is 3.32. The molecule has 0 bridgehead atoms. The molecule has 1 amide bonds. The van der Waals surface area contributed by atoms with Crippen molar-refractivity contribution in [3.8, 4) is 0 Å². The number of thiophene rings is 1. The summed E-state index contributed by atoms with van der Waals surface area (Å²) in [5.41, 5.74) is 2.52. The van der Waals surface area contributed by atoms with Gasteiger partial charge in [0.15, 0.2) is 5.65 Å². The summed E-state index contributed by atoms with van der Waals surface area (Å²) in [7, 11) is 0. The summed E-state index contributed by atoms with van der Waals surface area (Å²) < 4.78 is 15.4. The molecule has 0 radical (unpaired) electrons. The fourth-order valence-corrected chi connectivity index (χ4v) is 4.01. The molecule has 0 saturated carbocycles. The zero-order chi connectivity index (χ0) is 20.2. The molecule has 29 heavy (non-hydrogen) atoms. The Labute approximate surface area is 172 Å². The number of rotatable bonds is 7. The standard InChI is InChI=1S/C22H21FN4OS/c1-2-12-27-20(25-18-5-3-11-24-21(18)27)15-26(22(28)19-6-4-13-29-19)14-16-7-9-17(23)10-8-16/h3-11,13H,2,12,14-15H2,1H3. The quantitative estimate of drug-likeness (QED) is 0.438. The highest BCUT2D eigenvalue weighted by Gasteiger charge is 2.21. The van der Waals surface area contributed by atoms with Crippen LogP contribution in [0.4, 0.5) is 4.39 Å². The van der Waals surface area contributed by atoms with Crippen molar-refractivity contribution in [2.24, 2.45) is 0 Å². The van der Waals surface area contributed by atoms with E-state index >= 15 is 0 Å². The number of aromatic nitrogens is 3. The predicted octanol–water partition coefficient (Wildman–Crippen LogP) is 4.88. The van der Waals surface area contributed by atoms with E-state index in [1.54, 1.807) is 23.2 Å². The number of pyridine rings is 1. The number of amides is 1. The smallest absolute Gasteiger partial charge is 0.264 e. The molecular weight excluding hydrogens is 387 g/mol. The third-order valence-electron chi connectivity index (χ3n) is 4.67. The molecule has 4 rings (SSSR count). The molecule has 0 spiro atoms. The molecule has 7 heteroatoms. The molecule has 0 atom stereocenters. The SMILES string of the molecule is CCCn1c(CN(Cc2ccc(F)cc2)C(=O)c2cccs2)nc2cccnc21. The van der Waals surface area contributed by atoms with E-state index in [0.717, 1.165) is 35.5 Å². The van der Waals surface area contributed by atoms with Crippen LogP contribution in [0.25, 0.3) is 11.2 Å². The van der Waals surface area contributed by atoms with Crippen molar-refractivity contribution in [3.63, 3.8) is 0 Å². The number of imidazole rings is 1. The number of fused-ring (bicyclic) bond motifs is 1. The summed E-state index contributed by atoms with van der Waals surface area (Å²) in [6.45, 7) is 3.61. The van der Waals surface area contributed by atoms with Gasteiger partial charge in [0.1, 0.15) is 17.2 Å². The van der Waals surface area contributed by atoms with Crippen molar-refractivity contribution in [3.05, 3.63) is 82.2 Å². The first kappa shape index (κ1) is 19.3. The number of carbonyl (C=O) groups is 1. The van der Waals surface area contributed by atoms with Crippen LogP contribution >= 0.6 is 11.3 Å².